The molecule has 4 rings (SSSR count). The molecule has 7 heteroatoms. The first-order valence-electron chi connectivity index (χ1n) is 9.85. The molecule has 26 heavy (non-hydrogen) atoms. The monoisotopic (exact) mass is 359 g/mol. The SMILES string of the molecule is Cc1cnc(C)c(OC2CN(C(=O)N3CCCN(C4CCC4)CC3)C2)n1. The molecule has 0 spiro atoms. The Balaban J connectivity index is 1.26. The number of carbonyl (C=O) groups excluding carboxylic acids is 1. The van der Waals surface area contributed by atoms with Crippen molar-refractivity contribution in [3.8, 4) is 5.88 Å². The van der Waals surface area contributed by atoms with Gasteiger partial charge < -0.3 is 14.5 Å². The first-order chi connectivity index (χ1) is 12.6. The Bertz CT molecular complexity index is 657. The van der Waals surface area contributed by atoms with Gasteiger partial charge >= 0.3 is 6.03 Å². The molecule has 2 aliphatic heterocycles. The summed E-state index contributed by atoms with van der Waals surface area (Å²) in [5, 5.41) is 0. The van der Waals surface area contributed by atoms with Crippen LogP contribution in [0.5, 0.6) is 5.88 Å². The van der Waals surface area contributed by atoms with Crippen LogP contribution in [-0.4, -0.2) is 82.1 Å². The molecule has 0 radical (unpaired) electrons. The van der Waals surface area contributed by atoms with Crippen molar-refractivity contribution in [1.29, 1.82) is 0 Å². The lowest BCUT2D eigenvalue weighted by Gasteiger charge is -2.41. The van der Waals surface area contributed by atoms with Gasteiger partial charge in [-0.1, -0.05) is 6.42 Å². The third kappa shape index (κ3) is 3.63. The number of aryl methyl sites for hydroxylation is 2. The lowest BCUT2D eigenvalue weighted by Crippen LogP contribution is -2.60. The van der Waals surface area contributed by atoms with Gasteiger partial charge in [0, 0.05) is 38.4 Å². The summed E-state index contributed by atoms with van der Waals surface area (Å²) in [7, 11) is 0. The van der Waals surface area contributed by atoms with E-state index in [1.165, 1.54) is 19.3 Å². The van der Waals surface area contributed by atoms with E-state index < -0.39 is 0 Å². The van der Waals surface area contributed by atoms with E-state index in [-0.39, 0.29) is 12.1 Å². The van der Waals surface area contributed by atoms with Gasteiger partial charge in [0.2, 0.25) is 5.88 Å². The number of nitrogens with zero attached hydrogens (tertiary/aromatic N) is 5. The predicted octanol–water partition coefficient (Wildman–Crippen LogP) is 1.84. The predicted molar refractivity (Wildman–Crippen MR) is 98.3 cm³/mol. The zero-order valence-corrected chi connectivity index (χ0v) is 15.9. The van der Waals surface area contributed by atoms with Gasteiger partial charge in [-0.15, -0.1) is 0 Å². The van der Waals surface area contributed by atoms with Crippen LogP contribution in [0.1, 0.15) is 37.1 Å². The van der Waals surface area contributed by atoms with Gasteiger partial charge in [0.05, 0.1) is 24.5 Å². The van der Waals surface area contributed by atoms with Gasteiger partial charge in [-0.2, -0.15) is 0 Å². The van der Waals surface area contributed by atoms with E-state index in [4.69, 9.17) is 4.74 Å². The highest BCUT2D eigenvalue weighted by atomic mass is 16.5. The Morgan fingerprint density at radius 2 is 1.88 bits per heavy atom. The first kappa shape index (κ1) is 17.5. The fourth-order valence-corrected chi connectivity index (χ4v) is 3.90. The summed E-state index contributed by atoms with van der Waals surface area (Å²) in [6.07, 6.45) is 6.87. The maximum absolute atomic E-state index is 12.8. The van der Waals surface area contributed by atoms with Gasteiger partial charge in [0.1, 0.15) is 6.10 Å². The molecule has 0 atom stereocenters. The summed E-state index contributed by atoms with van der Waals surface area (Å²) < 4.78 is 5.93. The molecule has 3 fully saturated rings. The summed E-state index contributed by atoms with van der Waals surface area (Å²) in [6.45, 7) is 8.93. The van der Waals surface area contributed by atoms with Gasteiger partial charge in [-0.05, 0) is 33.1 Å². The van der Waals surface area contributed by atoms with Crippen LogP contribution in [0.4, 0.5) is 4.79 Å². The third-order valence-electron chi connectivity index (χ3n) is 5.82. The van der Waals surface area contributed by atoms with E-state index in [1.807, 2.05) is 23.6 Å². The number of carbonyl (C=O) groups is 1. The second-order valence-corrected chi connectivity index (χ2v) is 7.79. The number of urea groups is 1. The molecule has 1 aromatic heterocycles. The molecule has 2 amide bonds. The van der Waals surface area contributed by atoms with Crippen molar-refractivity contribution in [3.63, 3.8) is 0 Å². The van der Waals surface area contributed by atoms with Gasteiger partial charge in [-0.25, -0.2) is 9.78 Å². The summed E-state index contributed by atoms with van der Waals surface area (Å²) in [4.78, 5) is 27.9. The molecule has 3 heterocycles. The Hall–Kier alpha value is -1.89. The third-order valence-corrected chi connectivity index (χ3v) is 5.82. The Morgan fingerprint density at radius 3 is 2.62 bits per heavy atom. The zero-order valence-electron chi connectivity index (χ0n) is 15.9. The summed E-state index contributed by atoms with van der Waals surface area (Å²) >= 11 is 0. The van der Waals surface area contributed by atoms with Crippen LogP contribution in [0, 0.1) is 13.8 Å². The molecule has 7 nitrogen and oxygen atoms in total. The van der Waals surface area contributed by atoms with Crippen molar-refractivity contribution >= 4 is 6.03 Å². The molecule has 3 aliphatic rings. The number of amides is 2. The number of hydrogen-bond acceptors (Lipinski definition) is 5. The Kier molecular flexibility index (Phi) is 4.98. The largest absolute Gasteiger partial charge is 0.469 e. The van der Waals surface area contributed by atoms with Gasteiger partial charge in [0.15, 0.2) is 0 Å². The standard InChI is InChI=1S/C19H29N5O2/c1-14-11-20-15(2)18(21-14)26-17-12-24(13-17)19(25)23-8-4-7-22(9-10-23)16-5-3-6-16/h11,16-17H,3-10,12-13H2,1-2H3. The number of aromatic nitrogens is 2. The van der Waals surface area contributed by atoms with Crippen LogP contribution in [0.2, 0.25) is 0 Å². The van der Waals surface area contributed by atoms with Gasteiger partial charge in [-0.3, -0.25) is 9.88 Å². The average Bonchev–Trinajstić information content (AvgIpc) is 2.77. The summed E-state index contributed by atoms with van der Waals surface area (Å²) in [5.74, 6) is 0.591. The molecule has 1 aromatic rings. The molecule has 2 saturated heterocycles. The van der Waals surface area contributed by atoms with Crippen molar-refractivity contribution in [2.75, 3.05) is 39.3 Å². The minimum absolute atomic E-state index is 0.0206. The van der Waals surface area contributed by atoms with Crippen molar-refractivity contribution in [1.82, 2.24) is 24.7 Å². The second-order valence-electron chi connectivity index (χ2n) is 7.79. The number of hydrogen-bond donors (Lipinski definition) is 0. The van der Waals surface area contributed by atoms with E-state index in [2.05, 4.69) is 14.9 Å². The molecule has 0 aromatic carbocycles. The fraction of sp³-hybridized carbons (Fsp3) is 0.737. The quantitative estimate of drug-likeness (QED) is 0.824. The number of rotatable bonds is 3. The Morgan fingerprint density at radius 1 is 1.08 bits per heavy atom. The molecule has 0 unspecified atom stereocenters. The number of likely N-dealkylation sites (tertiary alicyclic amines) is 1. The van der Waals surface area contributed by atoms with Crippen LogP contribution in [0.15, 0.2) is 6.20 Å². The summed E-state index contributed by atoms with van der Waals surface area (Å²) in [6, 6.07) is 0.929. The smallest absolute Gasteiger partial charge is 0.320 e. The van der Waals surface area contributed by atoms with Crippen LogP contribution >= 0.6 is 0 Å². The van der Waals surface area contributed by atoms with E-state index in [1.54, 1.807) is 6.20 Å². The molecular formula is C19H29N5O2. The van der Waals surface area contributed by atoms with Crippen molar-refractivity contribution in [2.24, 2.45) is 0 Å². The molecule has 1 aliphatic carbocycles. The van der Waals surface area contributed by atoms with Crippen LogP contribution in [0.25, 0.3) is 0 Å². The van der Waals surface area contributed by atoms with Crippen molar-refractivity contribution < 1.29 is 9.53 Å². The van der Waals surface area contributed by atoms with Crippen LogP contribution in [-0.2, 0) is 0 Å². The first-order valence-corrected chi connectivity index (χ1v) is 9.85. The van der Waals surface area contributed by atoms with Crippen LogP contribution in [0.3, 0.4) is 0 Å². The highest BCUT2D eigenvalue weighted by molar-refractivity contribution is 5.75. The maximum atomic E-state index is 12.8. The molecule has 0 bridgehead atoms. The topological polar surface area (TPSA) is 61.8 Å². The maximum Gasteiger partial charge on any atom is 0.320 e. The van der Waals surface area contributed by atoms with E-state index in [9.17, 15) is 4.79 Å². The molecule has 0 N–H and O–H groups in total. The minimum Gasteiger partial charge on any atom is -0.469 e. The molecule has 1 saturated carbocycles. The number of ether oxygens (including phenoxy) is 1. The van der Waals surface area contributed by atoms with Crippen molar-refractivity contribution in [3.05, 3.63) is 17.6 Å². The lowest BCUT2D eigenvalue weighted by atomic mass is 9.91. The summed E-state index contributed by atoms with van der Waals surface area (Å²) in [5.41, 5.74) is 1.64. The highest BCUT2D eigenvalue weighted by Crippen LogP contribution is 2.26. The zero-order chi connectivity index (χ0) is 18.1. The van der Waals surface area contributed by atoms with Gasteiger partial charge in [0.25, 0.3) is 0 Å². The second kappa shape index (κ2) is 7.39. The highest BCUT2D eigenvalue weighted by Gasteiger charge is 2.36. The van der Waals surface area contributed by atoms with E-state index in [0.29, 0.717) is 19.0 Å². The fourth-order valence-electron chi connectivity index (χ4n) is 3.90. The lowest BCUT2D eigenvalue weighted by molar-refractivity contribution is 0.0275. The van der Waals surface area contributed by atoms with Crippen LogP contribution < -0.4 is 4.74 Å². The Labute approximate surface area is 155 Å². The van der Waals surface area contributed by atoms with Crippen molar-refractivity contribution in [2.45, 2.75) is 51.7 Å². The molecule has 142 valence electrons. The normalized spacial score (nSPS) is 22.5. The molecular weight excluding hydrogens is 330 g/mol. The van der Waals surface area contributed by atoms with E-state index in [0.717, 1.165) is 50.0 Å². The van der Waals surface area contributed by atoms with E-state index >= 15 is 0 Å². The average molecular weight is 359 g/mol. The minimum atomic E-state index is 0.0206.